The van der Waals surface area contributed by atoms with Crippen molar-refractivity contribution in [3.05, 3.63) is 23.3 Å². The topological polar surface area (TPSA) is 38.8 Å². The van der Waals surface area contributed by atoms with E-state index in [4.69, 9.17) is 9.47 Å². The molecule has 0 fully saturated rings. The number of rotatable bonds is 5. The molecule has 4 nitrogen and oxygen atoms in total. The van der Waals surface area contributed by atoms with Gasteiger partial charge >= 0.3 is 0 Å². The second-order valence-electron chi connectivity index (χ2n) is 4.74. The van der Waals surface area contributed by atoms with Crippen LogP contribution in [0.5, 0.6) is 11.5 Å². The molecule has 4 heteroatoms. The summed E-state index contributed by atoms with van der Waals surface area (Å²) in [5.74, 6) is 1.57. The smallest absolute Gasteiger partial charge is 0.163 e. The minimum absolute atomic E-state index is 0.199. The van der Waals surface area contributed by atoms with Crippen LogP contribution in [0.2, 0.25) is 0 Å². The molecule has 0 atom stereocenters. The second-order valence-corrected chi connectivity index (χ2v) is 4.74. The number of hydrogen-bond acceptors (Lipinski definition) is 4. The van der Waals surface area contributed by atoms with Crippen molar-refractivity contribution >= 4 is 5.78 Å². The van der Waals surface area contributed by atoms with Gasteiger partial charge in [-0.1, -0.05) is 0 Å². The first-order chi connectivity index (χ1) is 8.61. The van der Waals surface area contributed by atoms with Crippen LogP contribution in [0.25, 0.3) is 0 Å². The number of nitrogens with zero attached hydrogens (tertiary/aromatic N) is 1. The molecule has 0 aliphatic heterocycles. The van der Waals surface area contributed by atoms with E-state index in [0.717, 1.165) is 24.1 Å². The van der Waals surface area contributed by atoms with Gasteiger partial charge in [0.15, 0.2) is 17.3 Å². The highest BCUT2D eigenvalue weighted by molar-refractivity contribution is 6.01. The molecule has 0 N–H and O–H groups in total. The first-order valence-electron chi connectivity index (χ1n) is 6.13. The lowest BCUT2D eigenvalue weighted by molar-refractivity contribution is 0.0994. The maximum atomic E-state index is 11.7. The summed E-state index contributed by atoms with van der Waals surface area (Å²) >= 11 is 0. The summed E-state index contributed by atoms with van der Waals surface area (Å²) in [5.41, 5.74) is 1.85. The molecule has 1 aliphatic carbocycles. The van der Waals surface area contributed by atoms with E-state index in [1.165, 1.54) is 0 Å². The maximum absolute atomic E-state index is 11.7. The van der Waals surface area contributed by atoms with Crippen LogP contribution in [0.15, 0.2) is 12.1 Å². The number of carbonyl (C=O) groups excluding carboxylic acids is 1. The minimum Gasteiger partial charge on any atom is -0.493 e. The second kappa shape index (κ2) is 5.40. The molecule has 1 aromatic carbocycles. The molecule has 2 rings (SSSR count). The third kappa shape index (κ3) is 2.64. The van der Waals surface area contributed by atoms with Gasteiger partial charge in [-0.05, 0) is 38.2 Å². The van der Waals surface area contributed by atoms with Crippen LogP contribution in [0.4, 0.5) is 0 Å². The summed E-state index contributed by atoms with van der Waals surface area (Å²) in [4.78, 5) is 13.7. The van der Waals surface area contributed by atoms with Gasteiger partial charge in [0.2, 0.25) is 0 Å². The van der Waals surface area contributed by atoms with Crippen molar-refractivity contribution in [2.75, 3.05) is 34.4 Å². The van der Waals surface area contributed by atoms with Gasteiger partial charge in [-0.15, -0.1) is 0 Å². The zero-order valence-electron chi connectivity index (χ0n) is 11.2. The van der Waals surface area contributed by atoms with Crippen molar-refractivity contribution in [3.8, 4) is 11.5 Å². The molecule has 0 saturated heterocycles. The molecule has 1 aromatic rings. The Labute approximate surface area is 107 Å². The van der Waals surface area contributed by atoms with Gasteiger partial charge in [0.25, 0.3) is 0 Å². The number of likely N-dealkylation sites (N-methyl/N-ethyl adjacent to an activating group) is 1. The van der Waals surface area contributed by atoms with E-state index in [1.807, 2.05) is 31.1 Å². The Morgan fingerprint density at radius 2 is 2.00 bits per heavy atom. The molecule has 0 heterocycles. The number of Topliss-reactive ketones (excluding diaryl/α,β-unsaturated/α-hetero) is 1. The lowest BCUT2D eigenvalue weighted by Crippen LogP contribution is -2.19. The van der Waals surface area contributed by atoms with E-state index >= 15 is 0 Å². The molecule has 0 aromatic heterocycles. The van der Waals surface area contributed by atoms with Crippen molar-refractivity contribution in [1.29, 1.82) is 0 Å². The summed E-state index contributed by atoms with van der Waals surface area (Å²) in [6.07, 6.45) is 1.40. The molecule has 0 amide bonds. The Morgan fingerprint density at radius 1 is 1.22 bits per heavy atom. The number of hydrogen-bond donors (Lipinski definition) is 0. The van der Waals surface area contributed by atoms with Crippen LogP contribution in [0.1, 0.15) is 22.3 Å². The molecule has 98 valence electrons. The highest BCUT2D eigenvalue weighted by Crippen LogP contribution is 2.34. The largest absolute Gasteiger partial charge is 0.493 e. The van der Waals surface area contributed by atoms with E-state index in [0.29, 0.717) is 24.5 Å². The molecule has 0 spiro atoms. The average molecular weight is 249 g/mol. The molecule has 0 unspecified atom stereocenters. The number of benzene rings is 1. The van der Waals surface area contributed by atoms with Gasteiger partial charge in [-0.2, -0.15) is 0 Å². The molecule has 0 saturated carbocycles. The summed E-state index contributed by atoms with van der Waals surface area (Å²) < 4.78 is 11.0. The number of ether oxygens (including phenoxy) is 2. The van der Waals surface area contributed by atoms with Crippen LogP contribution in [0.3, 0.4) is 0 Å². The van der Waals surface area contributed by atoms with Gasteiger partial charge in [-0.3, -0.25) is 4.79 Å². The lowest BCUT2D eigenvalue weighted by Gasteiger charge is -2.14. The fourth-order valence-electron chi connectivity index (χ4n) is 2.06. The highest BCUT2D eigenvalue weighted by atomic mass is 16.5. The average Bonchev–Trinajstić information content (AvgIpc) is 2.69. The van der Waals surface area contributed by atoms with E-state index in [2.05, 4.69) is 0 Å². The van der Waals surface area contributed by atoms with Crippen molar-refractivity contribution in [3.63, 3.8) is 0 Å². The Balaban J connectivity index is 2.18. The van der Waals surface area contributed by atoms with Crippen LogP contribution >= 0.6 is 0 Å². The minimum atomic E-state index is 0.199. The zero-order chi connectivity index (χ0) is 13.1. The standard InChI is InChI=1S/C14H19NO3/c1-15(2)6-7-18-14-9-11-10(4-5-12(11)16)8-13(14)17-3/h8-9H,4-7H2,1-3H3. The van der Waals surface area contributed by atoms with Crippen molar-refractivity contribution in [2.24, 2.45) is 0 Å². The van der Waals surface area contributed by atoms with Gasteiger partial charge in [-0.25, -0.2) is 0 Å². The Bertz CT molecular complexity index is 455. The fourth-order valence-corrected chi connectivity index (χ4v) is 2.06. The summed E-state index contributed by atoms with van der Waals surface area (Å²) in [6, 6.07) is 3.74. The molecule has 0 bridgehead atoms. The number of fused-ring (bicyclic) bond motifs is 1. The fraction of sp³-hybridized carbons (Fsp3) is 0.500. The number of methoxy groups -OCH3 is 1. The SMILES string of the molecule is COc1cc2c(cc1OCCN(C)C)C(=O)CC2. The van der Waals surface area contributed by atoms with E-state index in [1.54, 1.807) is 7.11 Å². The molecule has 18 heavy (non-hydrogen) atoms. The van der Waals surface area contributed by atoms with Gasteiger partial charge in [0, 0.05) is 18.5 Å². The molecule has 0 radical (unpaired) electrons. The first-order valence-corrected chi connectivity index (χ1v) is 6.13. The summed E-state index contributed by atoms with van der Waals surface area (Å²) in [5, 5.41) is 0. The van der Waals surface area contributed by atoms with Crippen molar-refractivity contribution in [2.45, 2.75) is 12.8 Å². The Morgan fingerprint density at radius 3 is 2.67 bits per heavy atom. The number of carbonyl (C=O) groups is 1. The van der Waals surface area contributed by atoms with Crippen LogP contribution < -0.4 is 9.47 Å². The number of ketones is 1. The summed E-state index contributed by atoms with van der Waals surface area (Å²) in [7, 11) is 5.61. The van der Waals surface area contributed by atoms with Gasteiger partial charge in [0.1, 0.15) is 6.61 Å². The quantitative estimate of drug-likeness (QED) is 0.797. The monoisotopic (exact) mass is 249 g/mol. The predicted molar refractivity (Wildman–Crippen MR) is 69.7 cm³/mol. The Kier molecular flexibility index (Phi) is 3.87. The van der Waals surface area contributed by atoms with Gasteiger partial charge < -0.3 is 14.4 Å². The van der Waals surface area contributed by atoms with Crippen LogP contribution in [0, 0.1) is 0 Å². The zero-order valence-corrected chi connectivity index (χ0v) is 11.2. The van der Waals surface area contributed by atoms with E-state index in [-0.39, 0.29) is 5.78 Å². The van der Waals surface area contributed by atoms with Crippen LogP contribution in [-0.2, 0) is 6.42 Å². The van der Waals surface area contributed by atoms with Crippen molar-refractivity contribution < 1.29 is 14.3 Å². The third-order valence-electron chi connectivity index (χ3n) is 3.11. The Hall–Kier alpha value is -1.55. The normalized spacial score (nSPS) is 13.9. The van der Waals surface area contributed by atoms with E-state index in [9.17, 15) is 4.79 Å². The molecular formula is C14H19NO3. The van der Waals surface area contributed by atoms with Crippen LogP contribution in [-0.4, -0.2) is 45.0 Å². The summed E-state index contributed by atoms with van der Waals surface area (Å²) in [6.45, 7) is 1.41. The van der Waals surface area contributed by atoms with Crippen molar-refractivity contribution in [1.82, 2.24) is 4.90 Å². The molecule has 1 aliphatic rings. The molecular weight excluding hydrogens is 230 g/mol. The predicted octanol–water partition coefficient (Wildman–Crippen LogP) is 1.76. The maximum Gasteiger partial charge on any atom is 0.163 e. The van der Waals surface area contributed by atoms with Gasteiger partial charge in [0.05, 0.1) is 7.11 Å². The lowest BCUT2D eigenvalue weighted by atomic mass is 10.1. The van der Waals surface area contributed by atoms with E-state index < -0.39 is 0 Å². The number of aryl methyl sites for hydroxylation is 1. The third-order valence-corrected chi connectivity index (χ3v) is 3.11. The first kappa shape index (κ1) is 12.9. The highest BCUT2D eigenvalue weighted by Gasteiger charge is 2.22.